The van der Waals surface area contributed by atoms with Crippen LogP contribution < -0.4 is 10.4 Å². The highest BCUT2D eigenvalue weighted by Gasteiger charge is 2.30. The molecule has 0 saturated heterocycles. The summed E-state index contributed by atoms with van der Waals surface area (Å²) in [6.45, 7) is -1.83. The lowest BCUT2D eigenvalue weighted by Crippen LogP contribution is -2.22. The van der Waals surface area contributed by atoms with Crippen molar-refractivity contribution < 1.29 is 35.7 Å². The fraction of sp³-hybridized carbons (Fsp3) is 0.250. The summed E-state index contributed by atoms with van der Waals surface area (Å²) in [5.74, 6) is -2.34. The van der Waals surface area contributed by atoms with Crippen LogP contribution in [0.5, 0.6) is 0 Å². The predicted octanol–water partition coefficient (Wildman–Crippen LogP) is 1.03. The first kappa shape index (κ1) is 22.2. The Kier molecular flexibility index (Phi) is 5.99. The molecule has 3 rings (SSSR count). The number of aromatic amines is 1. The Balaban J connectivity index is 2.03. The number of hydrogen-bond acceptors (Lipinski definition) is 7. The van der Waals surface area contributed by atoms with Crippen LogP contribution in [-0.4, -0.2) is 51.2 Å². The highest BCUT2D eigenvalue weighted by molar-refractivity contribution is 7.87. The van der Waals surface area contributed by atoms with Crippen LogP contribution in [0.2, 0.25) is 0 Å². The van der Waals surface area contributed by atoms with Gasteiger partial charge in [-0.15, -0.1) is 0 Å². The molecular weight excluding hydrogens is 447 g/mol. The van der Waals surface area contributed by atoms with Crippen LogP contribution in [0.3, 0.4) is 0 Å². The fourth-order valence-corrected chi connectivity index (χ4v) is 3.00. The molecule has 0 aliphatic carbocycles. The number of anilines is 1. The van der Waals surface area contributed by atoms with Crippen molar-refractivity contribution in [1.29, 1.82) is 0 Å². The Morgan fingerprint density at radius 2 is 1.90 bits per heavy atom. The minimum atomic E-state index is -4.84. The molecule has 31 heavy (non-hydrogen) atoms. The molecule has 0 unspecified atom stereocenters. The molecule has 0 bridgehead atoms. The van der Waals surface area contributed by atoms with Gasteiger partial charge in [0.15, 0.2) is 18.1 Å². The summed E-state index contributed by atoms with van der Waals surface area (Å²) >= 11 is 0. The number of ether oxygens (including phenoxy) is 1. The van der Waals surface area contributed by atoms with Crippen LogP contribution in [0.1, 0.15) is 11.4 Å². The van der Waals surface area contributed by atoms with E-state index in [0.717, 1.165) is 4.57 Å². The van der Waals surface area contributed by atoms with Gasteiger partial charge in [0, 0.05) is 0 Å². The number of carbonyl (C=O) groups is 1. The van der Waals surface area contributed by atoms with Gasteiger partial charge in [-0.25, -0.2) is 19.5 Å². The van der Waals surface area contributed by atoms with E-state index in [1.807, 2.05) is 0 Å². The number of benzene rings is 1. The van der Waals surface area contributed by atoms with Crippen molar-refractivity contribution in [2.45, 2.75) is 19.1 Å². The molecule has 0 aliphatic rings. The summed E-state index contributed by atoms with van der Waals surface area (Å²) in [5, 5.41) is 0. The molecule has 0 amide bonds. The molecule has 1 aromatic carbocycles. The summed E-state index contributed by atoms with van der Waals surface area (Å²) < 4.78 is 75.1. The number of alkyl halides is 3. The first-order valence-electron chi connectivity index (χ1n) is 8.42. The minimum absolute atomic E-state index is 0.0000379. The SMILES string of the molecule is O=C(Cc1nc(NS(=O)(=O)O)c2[nH]c(=O)n(Cc3ccccc3)c2n1)OCC(F)(F)F. The molecule has 15 heteroatoms. The topological polar surface area (TPSA) is 156 Å². The van der Waals surface area contributed by atoms with E-state index in [9.17, 15) is 31.2 Å². The number of nitrogens with one attached hydrogen (secondary N) is 2. The quantitative estimate of drug-likeness (QED) is 0.348. The average molecular weight is 461 g/mol. The lowest BCUT2D eigenvalue weighted by molar-refractivity contribution is -0.185. The maximum Gasteiger partial charge on any atom is 0.422 e. The molecule has 2 aromatic heterocycles. The van der Waals surface area contributed by atoms with Gasteiger partial charge in [-0.05, 0) is 5.56 Å². The van der Waals surface area contributed by atoms with Gasteiger partial charge >= 0.3 is 28.1 Å². The number of imidazole rings is 1. The molecular formula is C16H14F3N5O6S. The third kappa shape index (κ3) is 6.02. The third-order valence-corrected chi connectivity index (χ3v) is 4.23. The van der Waals surface area contributed by atoms with Gasteiger partial charge in [0.2, 0.25) is 0 Å². The van der Waals surface area contributed by atoms with E-state index in [4.69, 9.17) is 4.55 Å². The summed E-state index contributed by atoms with van der Waals surface area (Å²) in [5.41, 5.74) is -0.373. The van der Waals surface area contributed by atoms with E-state index in [0.29, 0.717) is 5.56 Å². The van der Waals surface area contributed by atoms with Crippen molar-refractivity contribution in [3.05, 3.63) is 52.2 Å². The lowest BCUT2D eigenvalue weighted by Gasteiger charge is -2.09. The number of carbonyl (C=O) groups excluding carboxylic acids is 1. The van der Waals surface area contributed by atoms with Gasteiger partial charge in [-0.1, -0.05) is 30.3 Å². The number of H-pyrrole nitrogens is 1. The Bertz CT molecular complexity index is 1270. The molecule has 2 heterocycles. The third-order valence-electron chi connectivity index (χ3n) is 3.78. The zero-order chi connectivity index (χ0) is 22.8. The summed E-state index contributed by atoms with van der Waals surface area (Å²) in [7, 11) is -4.84. The molecule has 166 valence electrons. The molecule has 3 N–H and O–H groups in total. The number of hydrogen-bond donors (Lipinski definition) is 3. The fourth-order valence-electron chi connectivity index (χ4n) is 2.61. The van der Waals surface area contributed by atoms with Crippen LogP contribution in [0.4, 0.5) is 19.0 Å². The van der Waals surface area contributed by atoms with Gasteiger partial charge in [0.1, 0.15) is 17.8 Å². The largest absolute Gasteiger partial charge is 0.456 e. The summed E-state index contributed by atoms with van der Waals surface area (Å²) in [4.78, 5) is 34.1. The standard InChI is InChI=1S/C16H14F3N5O6S/c17-16(18,19)8-30-11(25)6-10-20-13(23-31(27,28)29)12-14(21-10)24(15(26)22-12)7-9-4-2-1-3-5-9/h1-5H,6-8H2,(H,22,26)(H,20,21,23)(H,27,28,29). The highest BCUT2D eigenvalue weighted by Crippen LogP contribution is 2.20. The Hall–Kier alpha value is -3.46. The normalized spacial score (nSPS) is 12.1. The second kappa shape index (κ2) is 8.35. The Morgan fingerprint density at radius 1 is 1.23 bits per heavy atom. The van der Waals surface area contributed by atoms with Crippen molar-refractivity contribution in [3.63, 3.8) is 0 Å². The first-order valence-corrected chi connectivity index (χ1v) is 9.86. The smallest absolute Gasteiger partial charge is 0.422 e. The molecule has 11 nitrogen and oxygen atoms in total. The van der Waals surface area contributed by atoms with Gasteiger partial charge in [-0.3, -0.25) is 13.9 Å². The van der Waals surface area contributed by atoms with Crippen LogP contribution in [0, 0.1) is 0 Å². The molecule has 0 fully saturated rings. The van der Waals surface area contributed by atoms with Crippen molar-refractivity contribution >= 4 is 33.3 Å². The summed E-state index contributed by atoms with van der Waals surface area (Å²) in [6, 6.07) is 8.61. The number of nitrogens with zero attached hydrogens (tertiary/aromatic N) is 3. The van der Waals surface area contributed by atoms with Gasteiger partial charge in [-0.2, -0.15) is 21.6 Å². The number of fused-ring (bicyclic) bond motifs is 1. The second-order valence-electron chi connectivity index (χ2n) is 6.22. The first-order chi connectivity index (χ1) is 14.4. The van der Waals surface area contributed by atoms with Crippen molar-refractivity contribution in [3.8, 4) is 0 Å². The Morgan fingerprint density at radius 3 is 2.52 bits per heavy atom. The highest BCUT2D eigenvalue weighted by atomic mass is 32.2. The van der Waals surface area contributed by atoms with Gasteiger partial charge < -0.3 is 9.72 Å². The summed E-state index contributed by atoms with van der Waals surface area (Å²) in [6.07, 6.45) is -5.59. The maximum absolute atomic E-state index is 12.4. The van der Waals surface area contributed by atoms with E-state index in [2.05, 4.69) is 19.7 Å². The monoisotopic (exact) mass is 461 g/mol. The van der Waals surface area contributed by atoms with Crippen molar-refractivity contribution in [2.24, 2.45) is 0 Å². The van der Waals surface area contributed by atoms with E-state index in [1.54, 1.807) is 35.1 Å². The molecule has 0 atom stereocenters. The van der Waals surface area contributed by atoms with Crippen LogP contribution >= 0.6 is 0 Å². The van der Waals surface area contributed by atoms with E-state index in [-0.39, 0.29) is 17.7 Å². The molecule has 3 aromatic rings. The zero-order valence-electron chi connectivity index (χ0n) is 15.4. The lowest BCUT2D eigenvalue weighted by atomic mass is 10.2. The number of rotatable bonds is 7. The average Bonchev–Trinajstić information content (AvgIpc) is 2.95. The van der Waals surface area contributed by atoms with Gasteiger partial charge in [0.05, 0.1) is 6.54 Å². The number of aromatic nitrogens is 4. The molecule has 0 aliphatic heterocycles. The van der Waals surface area contributed by atoms with Crippen LogP contribution in [0.15, 0.2) is 35.1 Å². The second-order valence-corrected chi connectivity index (χ2v) is 7.37. The van der Waals surface area contributed by atoms with E-state index < -0.39 is 52.8 Å². The molecule has 0 spiro atoms. The maximum atomic E-state index is 12.4. The molecule has 0 radical (unpaired) electrons. The van der Waals surface area contributed by atoms with Crippen LogP contribution in [0.25, 0.3) is 11.2 Å². The number of esters is 1. The number of halogens is 3. The van der Waals surface area contributed by atoms with Gasteiger partial charge in [0.25, 0.3) is 0 Å². The minimum Gasteiger partial charge on any atom is -0.456 e. The predicted molar refractivity (Wildman–Crippen MR) is 99.6 cm³/mol. The van der Waals surface area contributed by atoms with E-state index in [1.165, 1.54) is 0 Å². The molecule has 0 saturated carbocycles. The van der Waals surface area contributed by atoms with E-state index >= 15 is 0 Å². The van der Waals surface area contributed by atoms with Crippen LogP contribution in [-0.2, 0) is 32.8 Å². The van der Waals surface area contributed by atoms with Crippen molar-refractivity contribution in [2.75, 3.05) is 11.3 Å². The Labute approximate surface area is 171 Å². The van der Waals surface area contributed by atoms with Crippen molar-refractivity contribution in [1.82, 2.24) is 19.5 Å². The zero-order valence-corrected chi connectivity index (χ0v) is 16.2.